The molecular formula is C15H23ClN2O. The summed E-state index contributed by atoms with van der Waals surface area (Å²) < 4.78 is 0. The molecule has 106 valence electrons. The summed E-state index contributed by atoms with van der Waals surface area (Å²) in [6, 6.07) is 5.47. The Hall–Kier alpha value is -0.770. The maximum atomic E-state index is 9.78. The number of para-hydroxylation sites is 1. The van der Waals surface area contributed by atoms with E-state index in [-0.39, 0.29) is 5.75 Å². The molecule has 0 unspecified atom stereocenters. The standard InChI is InChI=1S/C15H23ClN2O/c16-14-7-4-6-13(15(14)19)12-17-8-5-11-18-9-2-1-3-10-18/h4,6-7,17,19H,1-3,5,8-12H2. The van der Waals surface area contributed by atoms with Gasteiger partial charge in [0, 0.05) is 12.1 Å². The molecule has 0 atom stereocenters. The lowest BCUT2D eigenvalue weighted by molar-refractivity contribution is 0.225. The van der Waals surface area contributed by atoms with Crippen LogP contribution in [-0.2, 0) is 6.54 Å². The molecule has 0 radical (unpaired) electrons. The Morgan fingerprint density at radius 2 is 2.00 bits per heavy atom. The highest BCUT2D eigenvalue weighted by atomic mass is 35.5. The van der Waals surface area contributed by atoms with Crippen LogP contribution in [-0.4, -0.2) is 36.2 Å². The molecule has 2 N–H and O–H groups in total. The molecule has 0 aromatic heterocycles. The summed E-state index contributed by atoms with van der Waals surface area (Å²) in [5.74, 6) is 0.202. The fourth-order valence-electron chi connectivity index (χ4n) is 2.54. The monoisotopic (exact) mass is 282 g/mol. The summed E-state index contributed by atoms with van der Waals surface area (Å²) in [6.07, 6.45) is 5.25. The van der Waals surface area contributed by atoms with E-state index in [1.54, 1.807) is 6.07 Å². The highest BCUT2D eigenvalue weighted by Crippen LogP contribution is 2.26. The van der Waals surface area contributed by atoms with Crippen LogP contribution in [0.4, 0.5) is 0 Å². The van der Waals surface area contributed by atoms with Crippen LogP contribution in [0.3, 0.4) is 0 Å². The van der Waals surface area contributed by atoms with E-state index in [2.05, 4.69) is 10.2 Å². The third-order valence-electron chi connectivity index (χ3n) is 3.66. The minimum absolute atomic E-state index is 0.202. The molecule has 1 fully saturated rings. The first-order valence-electron chi connectivity index (χ1n) is 7.17. The van der Waals surface area contributed by atoms with E-state index in [1.807, 2.05) is 12.1 Å². The van der Waals surface area contributed by atoms with Gasteiger partial charge >= 0.3 is 0 Å². The number of likely N-dealkylation sites (tertiary alicyclic amines) is 1. The average molecular weight is 283 g/mol. The largest absolute Gasteiger partial charge is 0.506 e. The van der Waals surface area contributed by atoms with Crippen molar-refractivity contribution in [3.63, 3.8) is 0 Å². The van der Waals surface area contributed by atoms with E-state index in [9.17, 15) is 5.11 Å². The predicted octanol–water partition coefficient (Wildman–Crippen LogP) is 3.01. The maximum Gasteiger partial charge on any atom is 0.138 e. The van der Waals surface area contributed by atoms with Crippen molar-refractivity contribution in [1.29, 1.82) is 0 Å². The number of phenols is 1. The first kappa shape index (κ1) is 14.6. The van der Waals surface area contributed by atoms with E-state index < -0.39 is 0 Å². The number of aromatic hydroxyl groups is 1. The van der Waals surface area contributed by atoms with Crippen LogP contribution in [0.15, 0.2) is 18.2 Å². The molecule has 0 bridgehead atoms. The fraction of sp³-hybridized carbons (Fsp3) is 0.600. The van der Waals surface area contributed by atoms with Crippen molar-refractivity contribution in [2.45, 2.75) is 32.2 Å². The number of hydrogen-bond acceptors (Lipinski definition) is 3. The van der Waals surface area contributed by atoms with Crippen molar-refractivity contribution in [1.82, 2.24) is 10.2 Å². The van der Waals surface area contributed by atoms with Gasteiger partial charge < -0.3 is 15.3 Å². The average Bonchev–Trinajstić information content (AvgIpc) is 2.44. The van der Waals surface area contributed by atoms with Crippen molar-refractivity contribution in [2.24, 2.45) is 0 Å². The van der Waals surface area contributed by atoms with Gasteiger partial charge in [0.2, 0.25) is 0 Å². The van der Waals surface area contributed by atoms with Crippen LogP contribution in [0, 0.1) is 0 Å². The highest BCUT2D eigenvalue weighted by Gasteiger charge is 2.09. The quantitative estimate of drug-likeness (QED) is 0.788. The lowest BCUT2D eigenvalue weighted by atomic mass is 10.1. The molecule has 4 heteroatoms. The number of nitrogens with one attached hydrogen (secondary N) is 1. The summed E-state index contributed by atoms with van der Waals surface area (Å²) >= 11 is 5.87. The first-order valence-corrected chi connectivity index (χ1v) is 7.54. The van der Waals surface area contributed by atoms with E-state index in [0.29, 0.717) is 11.6 Å². The molecular weight excluding hydrogens is 260 g/mol. The molecule has 3 nitrogen and oxygen atoms in total. The van der Waals surface area contributed by atoms with Crippen molar-refractivity contribution in [2.75, 3.05) is 26.2 Å². The first-order chi connectivity index (χ1) is 9.27. The second kappa shape index (κ2) is 7.73. The van der Waals surface area contributed by atoms with E-state index in [1.165, 1.54) is 38.9 Å². The van der Waals surface area contributed by atoms with Gasteiger partial charge in [0.15, 0.2) is 0 Å². The second-order valence-electron chi connectivity index (χ2n) is 5.18. The topological polar surface area (TPSA) is 35.5 Å². The zero-order valence-corrected chi connectivity index (χ0v) is 12.1. The Morgan fingerprint density at radius 1 is 1.21 bits per heavy atom. The molecule has 0 amide bonds. The van der Waals surface area contributed by atoms with E-state index in [0.717, 1.165) is 18.5 Å². The molecule has 2 rings (SSSR count). The number of hydrogen-bond donors (Lipinski definition) is 2. The number of halogens is 1. The molecule has 1 aliphatic rings. The zero-order valence-electron chi connectivity index (χ0n) is 11.4. The van der Waals surface area contributed by atoms with Crippen LogP contribution in [0.2, 0.25) is 5.02 Å². The van der Waals surface area contributed by atoms with Gasteiger partial charge in [-0.15, -0.1) is 0 Å². The molecule has 0 aliphatic carbocycles. The lowest BCUT2D eigenvalue weighted by Gasteiger charge is -2.26. The van der Waals surface area contributed by atoms with Gasteiger partial charge in [-0.25, -0.2) is 0 Å². The minimum Gasteiger partial charge on any atom is -0.506 e. The summed E-state index contributed by atoms with van der Waals surface area (Å²) in [7, 11) is 0. The Kier molecular flexibility index (Phi) is 5.95. The van der Waals surface area contributed by atoms with Gasteiger partial charge in [-0.1, -0.05) is 30.2 Å². The van der Waals surface area contributed by atoms with E-state index in [4.69, 9.17) is 11.6 Å². The SMILES string of the molecule is Oc1c(Cl)cccc1CNCCCN1CCCCC1. The normalized spacial score (nSPS) is 16.7. The summed E-state index contributed by atoms with van der Waals surface area (Å²) in [5, 5.41) is 13.6. The molecule has 1 aliphatic heterocycles. The van der Waals surface area contributed by atoms with Crippen LogP contribution in [0.25, 0.3) is 0 Å². The van der Waals surface area contributed by atoms with Crippen molar-refractivity contribution in [3.8, 4) is 5.75 Å². The predicted molar refractivity (Wildman–Crippen MR) is 79.7 cm³/mol. The Morgan fingerprint density at radius 3 is 2.79 bits per heavy atom. The molecule has 1 aromatic rings. The highest BCUT2D eigenvalue weighted by molar-refractivity contribution is 6.32. The Bertz CT molecular complexity index is 392. The number of phenolic OH excluding ortho intramolecular Hbond substituents is 1. The molecule has 19 heavy (non-hydrogen) atoms. The fourth-order valence-corrected chi connectivity index (χ4v) is 2.73. The molecule has 0 spiro atoms. The lowest BCUT2D eigenvalue weighted by Crippen LogP contribution is -2.32. The van der Waals surface area contributed by atoms with Gasteiger partial charge in [-0.2, -0.15) is 0 Å². The molecule has 1 heterocycles. The van der Waals surface area contributed by atoms with Gasteiger partial charge in [0.05, 0.1) is 5.02 Å². The van der Waals surface area contributed by atoms with Gasteiger partial charge in [0.1, 0.15) is 5.75 Å². The third-order valence-corrected chi connectivity index (χ3v) is 3.97. The summed E-state index contributed by atoms with van der Waals surface area (Å²) in [5.41, 5.74) is 0.866. The number of rotatable bonds is 6. The third kappa shape index (κ3) is 4.68. The molecule has 1 saturated heterocycles. The molecule has 0 saturated carbocycles. The van der Waals surface area contributed by atoms with Crippen LogP contribution in [0.1, 0.15) is 31.2 Å². The summed E-state index contributed by atoms with van der Waals surface area (Å²) in [6.45, 7) is 5.34. The minimum atomic E-state index is 0.202. The number of nitrogens with zero attached hydrogens (tertiary/aromatic N) is 1. The summed E-state index contributed by atoms with van der Waals surface area (Å²) in [4.78, 5) is 2.54. The van der Waals surface area contributed by atoms with Gasteiger partial charge in [0.25, 0.3) is 0 Å². The Balaban J connectivity index is 1.62. The smallest absolute Gasteiger partial charge is 0.138 e. The Labute approximate surface area is 120 Å². The van der Waals surface area contributed by atoms with Crippen LogP contribution < -0.4 is 5.32 Å². The van der Waals surface area contributed by atoms with Crippen LogP contribution >= 0.6 is 11.6 Å². The zero-order chi connectivity index (χ0) is 13.5. The van der Waals surface area contributed by atoms with Crippen LogP contribution in [0.5, 0.6) is 5.75 Å². The van der Waals surface area contributed by atoms with E-state index >= 15 is 0 Å². The second-order valence-corrected chi connectivity index (χ2v) is 5.59. The van der Waals surface area contributed by atoms with Crippen molar-refractivity contribution < 1.29 is 5.11 Å². The van der Waals surface area contributed by atoms with Crippen molar-refractivity contribution in [3.05, 3.63) is 28.8 Å². The maximum absolute atomic E-state index is 9.78. The van der Waals surface area contributed by atoms with Gasteiger partial charge in [-0.3, -0.25) is 0 Å². The number of piperidine rings is 1. The van der Waals surface area contributed by atoms with Gasteiger partial charge in [-0.05, 0) is 51.5 Å². The van der Waals surface area contributed by atoms with Crippen molar-refractivity contribution >= 4 is 11.6 Å². The number of benzene rings is 1. The molecule has 1 aromatic carbocycles.